The van der Waals surface area contributed by atoms with Crippen LogP contribution in [0.1, 0.15) is 22.8 Å². The summed E-state index contributed by atoms with van der Waals surface area (Å²) in [4.78, 5) is 37.4. The van der Waals surface area contributed by atoms with Gasteiger partial charge in [-0.3, -0.25) is 14.6 Å². The van der Waals surface area contributed by atoms with Crippen molar-refractivity contribution in [3.8, 4) is 23.5 Å². The molecule has 0 spiro atoms. The summed E-state index contributed by atoms with van der Waals surface area (Å²) in [7, 11) is 1.51. The molecule has 2 N–H and O–H groups in total. The highest BCUT2D eigenvalue weighted by Gasteiger charge is 2.11. The van der Waals surface area contributed by atoms with Crippen LogP contribution >= 0.6 is 0 Å². The average molecular weight is 482 g/mol. The number of anilines is 2. The summed E-state index contributed by atoms with van der Waals surface area (Å²) in [6, 6.07) is 13.9. The number of carbonyl (C=O) groups is 2. The second-order valence-corrected chi connectivity index (χ2v) is 7.57. The topological polar surface area (TPSA) is 115 Å². The first-order valence-corrected chi connectivity index (χ1v) is 11.1. The van der Waals surface area contributed by atoms with Crippen LogP contribution in [-0.2, 0) is 16.0 Å². The molecule has 36 heavy (non-hydrogen) atoms. The number of aryl methyl sites for hydroxylation is 1. The molecule has 0 aliphatic carbocycles. The number of fused-ring (bicyclic) bond motifs is 1. The van der Waals surface area contributed by atoms with Crippen LogP contribution in [-0.4, -0.2) is 40.5 Å². The number of ether oxygens (including phenoxy) is 2. The number of pyridine rings is 3. The fourth-order valence-corrected chi connectivity index (χ4v) is 3.28. The molecule has 0 aliphatic rings. The second-order valence-electron chi connectivity index (χ2n) is 7.57. The number of carbonyl (C=O) groups excluding carboxylic acids is 2. The molecule has 3 aromatic heterocycles. The Bertz CT molecular complexity index is 1460. The van der Waals surface area contributed by atoms with Gasteiger partial charge in [0.15, 0.2) is 0 Å². The monoisotopic (exact) mass is 481 g/mol. The van der Waals surface area contributed by atoms with Crippen molar-refractivity contribution < 1.29 is 19.1 Å². The third-order valence-electron chi connectivity index (χ3n) is 5.07. The molecule has 0 aliphatic heterocycles. The van der Waals surface area contributed by atoms with Gasteiger partial charge in [0.2, 0.25) is 5.88 Å². The summed E-state index contributed by atoms with van der Waals surface area (Å²) in [5, 5.41) is 6.16. The Morgan fingerprint density at radius 2 is 1.83 bits per heavy atom. The van der Waals surface area contributed by atoms with E-state index < -0.39 is 5.91 Å². The van der Waals surface area contributed by atoms with Crippen LogP contribution in [0.25, 0.3) is 10.9 Å². The minimum atomic E-state index is -0.454. The highest BCUT2D eigenvalue weighted by Crippen LogP contribution is 2.30. The maximum Gasteiger partial charge on any atom is 0.300 e. The summed E-state index contributed by atoms with van der Waals surface area (Å²) in [6.45, 7) is 2.20. The fourth-order valence-electron chi connectivity index (χ4n) is 3.28. The molecule has 0 saturated carbocycles. The lowest BCUT2D eigenvalue weighted by atomic mass is 10.2. The average Bonchev–Trinajstić information content (AvgIpc) is 2.89. The zero-order chi connectivity index (χ0) is 25.3. The van der Waals surface area contributed by atoms with Crippen molar-refractivity contribution in [3.05, 3.63) is 78.2 Å². The maximum absolute atomic E-state index is 12.6. The van der Waals surface area contributed by atoms with Gasteiger partial charge in [-0.1, -0.05) is 12.8 Å². The molecule has 0 saturated heterocycles. The minimum Gasteiger partial charge on any atom is -0.438 e. The Morgan fingerprint density at radius 3 is 2.61 bits per heavy atom. The van der Waals surface area contributed by atoms with E-state index in [1.54, 1.807) is 48.8 Å². The summed E-state index contributed by atoms with van der Waals surface area (Å²) < 4.78 is 10.8. The van der Waals surface area contributed by atoms with Crippen molar-refractivity contribution in [2.24, 2.45) is 0 Å². The van der Waals surface area contributed by atoms with Gasteiger partial charge in [0, 0.05) is 42.8 Å². The Labute approximate surface area is 207 Å². The molecule has 180 valence electrons. The second kappa shape index (κ2) is 11.6. The van der Waals surface area contributed by atoms with Gasteiger partial charge in [0.05, 0.1) is 11.1 Å². The van der Waals surface area contributed by atoms with Crippen molar-refractivity contribution in [3.63, 3.8) is 0 Å². The van der Waals surface area contributed by atoms with E-state index in [-0.39, 0.29) is 12.5 Å². The van der Waals surface area contributed by atoms with Gasteiger partial charge in [0.1, 0.15) is 18.2 Å². The Hall–Kier alpha value is -4.81. The first-order chi connectivity index (χ1) is 17.6. The van der Waals surface area contributed by atoms with Crippen molar-refractivity contribution in [1.82, 2.24) is 15.0 Å². The number of rotatable bonds is 7. The molecular weight excluding hydrogens is 458 g/mol. The van der Waals surface area contributed by atoms with Crippen molar-refractivity contribution in [1.29, 1.82) is 0 Å². The molecule has 9 nitrogen and oxygen atoms in total. The highest BCUT2D eigenvalue weighted by molar-refractivity contribution is 6.05. The molecular formula is C27H23N5O4. The van der Waals surface area contributed by atoms with Crippen LogP contribution in [0.5, 0.6) is 11.6 Å². The van der Waals surface area contributed by atoms with E-state index in [1.807, 2.05) is 19.1 Å². The molecule has 2 amide bonds. The van der Waals surface area contributed by atoms with E-state index in [0.29, 0.717) is 39.6 Å². The number of benzene rings is 1. The number of amides is 2. The summed E-state index contributed by atoms with van der Waals surface area (Å²) in [5.74, 6) is 5.55. The predicted octanol–water partition coefficient (Wildman–Crippen LogP) is 4.22. The summed E-state index contributed by atoms with van der Waals surface area (Å²) in [5.41, 5.74) is 2.66. The number of methoxy groups -OCH3 is 1. The predicted molar refractivity (Wildman–Crippen MR) is 136 cm³/mol. The normalized spacial score (nSPS) is 10.3. The van der Waals surface area contributed by atoms with E-state index in [4.69, 9.17) is 9.47 Å². The zero-order valence-electron chi connectivity index (χ0n) is 19.7. The number of nitrogens with one attached hydrogen (secondary N) is 2. The van der Waals surface area contributed by atoms with Gasteiger partial charge >= 0.3 is 0 Å². The van der Waals surface area contributed by atoms with Crippen LogP contribution in [0.15, 0.2) is 67.1 Å². The Kier molecular flexibility index (Phi) is 7.80. The SMILES string of the molecule is CCc1ccnc(NC(=O)c2ccc(Oc3ccnc4ccc(NC(=O)C#CCOC)cc34)nc2)c1. The molecule has 3 heterocycles. The van der Waals surface area contributed by atoms with Gasteiger partial charge in [0.25, 0.3) is 11.8 Å². The molecule has 9 heteroatoms. The highest BCUT2D eigenvalue weighted by atomic mass is 16.5. The van der Waals surface area contributed by atoms with Crippen LogP contribution in [0.4, 0.5) is 11.5 Å². The molecule has 0 fully saturated rings. The molecule has 0 atom stereocenters. The molecule has 0 unspecified atom stereocenters. The van der Waals surface area contributed by atoms with Crippen molar-refractivity contribution in [2.75, 3.05) is 24.4 Å². The molecule has 4 rings (SSSR count). The number of aromatic nitrogens is 3. The van der Waals surface area contributed by atoms with Gasteiger partial charge in [-0.15, -0.1) is 0 Å². The standard InChI is InChI=1S/C27H23N5O4/c1-3-18-10-12-29-24(15-18)32-27(34)19-6-9-26(30-17-19)36-23-11-13-28-22-8-7-20(16-21(22)23)31-25(33)5-4-14-35-2/h6-13,15-17H,3,14H2,1-2H3,(H,31,33)(H,29,32,34). The quantitative estimate of drug-likeness (QED) is 0.380. The first kappa shape index (κ1) is 24.3. The fraction of sp³-hybridized carbons (Fsp3) is 0.148. The van der Waals surface area contributed by atoms with E-state index >= 15 is 0 Å². The van der Waals surface area contributed by atoms with E-state index in [1.165, 1.54) is 13.3 Å². The van der Waals surface area contributed by atoms with Gasteiger partial charge < -0.3 is 20.1 Å². The largest absolute Gasteiger partial charge is 0.438 e. The van der Waals surface area contributed by atoms with Gasteiger partial charge in [-0.05, 0) is 60.4 Å². The molecule has 1 aromatic carbocycles. The molecule has 0 bridgehead atoms. The van der Waals surface area contributed by atoms with E-state index in [0.717, 1.165) is 12.0 Å². The van der Waals surface area contributed by atoms with Crippen LogP contribution in [0, 0.1) is 11.8 Å². The lowest BCUT2D eigenvalue weighted by Crippen LogP contribution is -2.13. The third kappa shape index (κ3) is 6.20. The molecule has 0 radical (unpaired) electrons. The number of hydrogen-bond acceptors (Lipinski definition) is 7. The third-order valence-corrected chi connectivity index (χ3v) is 5.07. The van der Waals surface area contributed by atoms with E-state index in [2.05, 4.69) is 37.4 Å². The van der Waals surface area contributed by atoms with Gasteiger partial charge in [-0.25, -0.2) is 9.97 Å². The first-order valence-electron chi connectivity index (χ1n) is 11.1. The van der Waals surface area contributed by atoms with Gasteiger partial charge in [-0.2, -0.15) is 0 Å². The minimum absolute atomic E-state index is 0.170. The van der Waals surface area contributed by atoms with E-state index in [9.17, 15) is 9.59 Å². The lowest BCUT2D eigenvalue weighted by molar-refractivity contribution is -0.111. The lowest BCUT2D eigenvalue weighted by Gasteiger charge is -2.10. The Balaban J connectivity index is 1.48. The van der Waals surface area contributed by atoms with Crippen LogP contribution < -0.4 is 15.4 Å². The smallest absolute Gasteiger partial charge is 0.300 e. The summed E-state index contributed by atoms with van der Waals surface area (Å²) >= 11 is 0. The van der Waals surface area contributed by atoms with Crippen LogP contribution in [0.2, 0.25) is 0 Å². The number of nitrogens with zero attached hydrogens (tertiary/aromatic N) is 3. The maximum atomic E-state index is 12.6. The Morgan fingerprint density at radius 1 is 0.972 bits per heavy atom. The number of hydrogen-bond donors (Lipinski definition) is 2. The summed E-state index contributed by atoms with van der Waals surface area (Å²) in [6.07, 6.45) is 5.56. The van der Waals surface area contributed by atoms with Crippen LogP contribution in [0.3, 0.4) is 0 Å². The van der Waals surface area contributed by atoms with Crippen molar-refractivity contribution >= 4 is 34.2 Å². The van der Waals surface area contributed by atoms with Crippen molar-refractivity contribution in [2.45, 2.75) is 13.3 Å². The molecule has 4 aromatic rings. The zero-order valence-corrected chi connectivity index (χ0v) is 19.7.